The first-order chi connectivity index (χ1) is 9.41. The van der Waals surface area contributed by atoms with E-state index >= 15 is 0 Å². The molecule has 0 atom stereocenters. The number of alkyl halides is 3. The summed E-state index contributed by atoms with van der Waals surface area (Å²) in [5.74, 6) is 0.266. The molecule has 0 amide bonds. The van der Waals surface area contributed by atoms with Crippen molar-refractivity contribution in [3.05, 3.63) is 28.2 Å². The van der Waals surface area contributed by atoms with Gasteiger partial charge in [0.05, 0.1) is 10.0 Å². The van der Waals surface area contributed by atoms with Gasteiger partial charge in [-0.15, -0.1) is 0 Å². The number of ether oxygens (including phenoxy) is 1. The second-order valence-corrected chi connectivity index (χ2v) is 6.22. The van der Waals surface area contributed by atoms with E-state index < -0.39 is 11.7 Å². The standard InChI is InChI=1S/C13H15BrF3NOS/c1-20-18-7-5-9(6-8-18)19-11-4-2-3-10(12(11)14)13(15,16)17/h2-4,9H,5-8H2,1H3. The number of benzene rings is 1. The van der Waals surface area contributed by atoms with Crippen LogP contribution in [-0.2, 0) is 6.18 Å². The monoisotopic (exact) mass is 369 g/mol. The Balaban J connectivity index is 2.07. The van der Waals surface area contributed by atoms with E-state index in [0.717, 1.165) is 32.0 Å². The third-order valence-electron chi connectivity index (χ3n) is 3.22. The number of rotatable bonds is 3. The van der Waals surface area contributed by atoms with Gasteiger partial charge in [0.25, 0.3) is 0 Å². The van der Waals surface area contributed by atoms with Crippen molar-refractivity contribution in [2.24, 2.45) is 0 Å². The maximum Gasteiger partial charge on any atom is 0.417 e. The van der Waals surface area contributed by atoms with Crippen LogP contribution in [0.5, 0.6) is 5.75 Å². The highest BCUT2D eigenvalue weighted by Gasteiger charge is 2.34. The van der Waals surface area contributed by atoms with Crippen LogP contribution in [0.15, 0.2) is 22.7 Å². The lowest BCUT2D eigenvalue weighted by Gasteiger charge is -2.30. The molecule has 1 heterocycles. The van der Waals surface area contributed by atoms with Crippen LogP contribution in [0.4, 0.5) is 13.2 Å². The van der Waals surface area contributed by atoms with Gasteiger partial charge in [0, 0.05) is 13.1 Å². The number of hydrogen-bond donors (Lipinski definition) is 0. The van der Waals surface area contributed by atoms with Crippen LogP contribution in [0.3, 0.4) is 0 Å². The van der Waals surface area contributed by atoms with Crippen LogP contribution < -0.4 is 4.74 Å². The summed E-state index contributed by atoms with van der Waals surface area (Å²) < 4.78 is 46.4. The molecule has 0 radical (unpaired) electrons. The molecular formula is C13H15BrF3NOS. The van der Waals surface area contributed by atoms with Crippen LogP contribution in [0.25, 0.3) is 0 Å². The van der Waals surface area contributed by atoms with Crippen molar-refractivity contribution >= 4 is 27.9 Å². The number of halogens is 4. The first-order valence-electron chi connectivity index (χ1n) is 6.23. The van der Waals surface area contributed by atoms with Gasteiger partial charge < -0.3 is 4.74 Å². The maximum absolute atomic E-state index is 12.8. The average molecular weight is 370 g/mol. The summed E-state index contributed by atoms with van der Waals surface area (Å²) in [5.41, 5.74) is -0.698. The average Bonchev–Trinajstić information content (AvgIpc) is 2.40. The van der Waals surface area contributed by atoms with E-state index in [9.17, 15) is 13.2 Å². The van der Waals surface area contributed by atoms with Gasteiger partial charge in [0.1, 0.15) is 11.9 Å². The molecule has 1 fully saturated rings. The molecule has 1 aromatic carbocycles. The molecule has 0 N–H and O–H groups in total. The second kappa shape index (κ2) is 6.58. The summed E-state index contributed by atoms with van der Waals surface area (Å²) in [6, 6.07) is 3.99. The van der Waals surface area contributed by atoms with Crippen molar-refractivity contribution in [2.75, 3.05) is 19.3 Å². The predicted octanol–water partition coefficient (Wildman–Crippen LogP) is 4.59. The molecule has 0 bridgehead atoms. The van der Waals surface area contributed by atoms with Crippen molar-refractivity contribution in [1.82, 2.24) is 4.31 Å². The minimum absolute atomic E-state index is 0.0141. The second-order valence-electron chi connectivity index (χ2n) is 4.54. The van der Waals surface area contributed by atoms with E-state index in [1.807, 2.05) is 6.26 Å². The number of nitrogens with zero attached hydrogens (tertiary/aromatic N) is 1. The normalized spacial score (nSPS) is 18.2. The highest BCUT2D eigenvalue weighted by molar-refractivity contribution is 9.10. The predicted molar refractivity (Wildman–Crippen MR) is 77.9 cm³/mol. The zero-order valence-electron chi connectivity index (χ0n) is 10.9. The van der Waals surface area contributed by atoms with Crippen LogP contribution in [0, 0.1) is 0 Å². The van der Waals surface area contributed by atoms with Crippen LogP contribution in [0.1, 0.15) is 18.4 Å². The lowest BCUT2D eigenvalue weighted by Crippen LogP contribution is -2.34. The van der Waals surface area contributed by atoms with Crippen LogP contribution in [-0.4, -0.2) is 29.8 Å². The SMILES string of the molecule is CSN1CCC(Oc2cccc(C(F)(F)F)c2Br)CC1. The van der Waals surface area contributed by atoms with Crippen molar-refractivity contribution in [2.45, 2.75) is 25.1 Å². The quantitative estimate of drug-likeness (QED) is 0.723. The summed E-state index contributed by atoms with van der Waals surface area (Å²) in [6.07, 6.45) is -0.740. The Labute approximate surface area is 128 Å². The Kier molecular flexibility index (Phi) is 5.25. The molecule has 0 aromatic heterocycles. The van der Waals surface area contributed by atoms with E-state index in [2.05, 4.69) is 20.2 Å². The fourth-order valence-electron chi connectivity index (χ4n) is 2.13. The minimum Gasteiger partial charge on any atom is -0.489 e. The Bertz CT molecular complexity index is 461. The van der Waals surface area contributed by atoms with Gasteiger partial charge in [0.15, 0.2) is 0 Å². The van der Waals surface area contributed by atoms with E-state index in [0.29, 0.717) is 0 Å². The summed E-state index contributed by atoms with van der Waals surface area (Å²) in [7, 11) is 0. The highest BCUT2D eigenvalue weighted by Crippen LogP contribution is 2.40. The highest BCUT2D eigenvalue weighted by atomic mass is 79.9. The zero-order valence-corrected chi connectivity index (χ0v) is 13.3. The molecule has 1 saturated heterocycles. The first kappa shape index (κ1) is 16.0. The smallest absolute Gasteiger partial charge is 0.417 e. The van der Waals surface area contributed by atoms with Crippen molar-refractivity contribution in [3.8, 4) is 5.75 Å². The molecule has 0 saturated carbocycles. The molecule has 20 heavy (non-hydrogen) atoms. The van der Waals surface area contributed by atoms with Gasteiger partial charge in [-0.3, -0.25) is 4.31 Å². The number of piperidine rings is 1. The molecule has 1 aliphatic heterocycles. The Morgan fingerprint density at radius 1 is 1.30 bits per heavy atom. The topological polar surface area (TPSA) is 12.5 Å². The largest absolute Gasteiger partial charge is 0.489 e. The Hall–Kier alpha value is -0.400. The summed E-state index contributed by atoms with van der Waals surface area (Å²) in [4.78, 5) is 0. The van der Waals surface area contributed by atoms with Crippen molar-refractivity contribution < 1.29 is 17.9 Å². The molecule has 112 valence electrons. The van der Waals surface area contributed by atoms with Crippen LogP contribution in [0.2, 0.25) is 0 Å². The third-order valence-corrected chi connectivity index (χ3v) is 4.92. The summed E-state index contributed by atoms with van der Waals surface area (Å²) in [6.45, 7) is 1.78. The van der Waals surface area contributed by atoms with Crippen molar-refractivity contribution in [3.63, 3.8) is 0 Å². The first-order valence-corrected chi connectivity index (χ1v) is 8.20. The van der Waals surface area contributed by atoms with Crippen LogP contribution >= 0.6 is 27.9 Å². The Morgan fingerprint density at radius 2 is 1.95 bits per heavy atom. The van der Waals surface area contributed by atoms with Gasteiger partial charge in [-0.2, -0.15) is 13.2 Å². The maximum atomic E-state index is 12.8. The molecule has 7 heteroatoms. The van der Waals surface area contributed by atoms with Gasteiger partial charge in [-0.25, -0.2) is 0 Å². The van der Waals surface area contributed by atoms with Gasteiger partial charge in [-0.05, 0) is 47.2 Å². The molecule has 0 spiro atoms. The number of hydrogen-bond acceptors (Lipinski definition) is 3. The van der Waals surface area contributed by atoms with Gasteiger partial charge in [0.2, 0.25) is 0 Å². The fourth-order valence-corrected chi connectivity index (χ4v) is 3.29. The van der Waals surface area contributed by atoms with Crippen molar-refractivity contribution in [1.29, 1.82) is 0 Å². The molecule has 1 aromatic rings. The third kappa shape index (κ3) is 3.83. The molecule has 0 aliphatic carbocycles. The summed E-state index contributed by atoms with van der Waals surface area (Å²) >= 11 is 4.69. The lowest BCUT2D eigenvalue weighted by molar-refractivity contribution is -0.138. The van der Waals surface area contributed by atoms with Gasteiger partial charge >= 0.3 is 6.18 Å². The molecule has 1 aliphatic rings. The molecular weight excluding hydrogens is 355 g/mol. The molecule has 2 nitrogen and oxygen atoms in total. The zero-order chi connectivity index (χ0) is 14.8. The van der Waals surface area contributed by atoms with E-state index in [-0.39, 0.29) is 16.3 Å². The Morgan fingerprint density at radius 3 is 2.50 bits per heavy atom. The van der Waals surface area contributed by atoms with E-state index in [1.165, 1.54) is 6.07 Å². The van der Waals surface area contributed by atoms with E-state index in [1.54, 1.807) is 18.0 Å². The van der Waals surface area contributed by atoms with Gasteiger partial charge in [-0.1, -0.05) is 18.0 Å². The molecule has 0 unspecified atom stereocenters. The lowest BCUT2D eigenvalue weighted by atomic mass is 10.1. The molecule has 2 rings (SSSR count). The minimum atomic E-state index is -4.37. The van der Waals surface area contributed by atoms with E-state index in [4.69, 9.17) is 4.74 Å². The fraction of sp³-hybridized carbons (Fsp3) is 0.538. The summed E-state index contributed by atoms with van der Waals surface area (Å²) in [5, 5.41) is 0.